The number of nitrogens with zero attached hydrogens (tertiary/aromatic N) is 1. The van der Waals surface area contributed by atoms with E-state index in [9.17, 15) is 0 Å². The van der Waals surface area contributed by atoms with E-state index in [4.69, 9.17) is 5.73 Å². The highest BCUT2D eigenvalue weighted by Gasteiger charge is 1.81. The van der Waals surface area contributed by atoms with Crippen LogP contribution in [0.25, 0.3) is 0 Å². The molecule has 0 aliphatic heterocycles. The van der Waals surface area contributed by atoms with Gasteiger partial charge in [0.25, 0.3) is 0 Å². The molecule has 2 N–H and O–H groups in total. The second-order valence-corrected chi connectivity index (χ2v) is 1.42. The quantitative estimate of drug-likeness (QED) is 0.522. The maximum absolute atomic E-state index is 5.29. The van der Waals surface area contributed by atoms with Gasteiger partial charge < -0.3 is 5.73 Å². The molecular weight excluding hydrogens is 100 g/mol. The molecule has 0 spiro atoms. The van der Waals surface area contributed by atoms with Gasteiger partial charge in [0.2, 0.25) is 0 Å². The maximum atomic E-state index is 5.29. The van der Waals surface area contributed by atoms with Gasteiger partial charge in [0.15, 0.2) is 0 Å². The summed E-state index contributed by atoms with van der Waals surface area (Å²) in [7, 11) is 1.74. The highest BCUT2D eigenvalue weighted by Crippen LogP contribution is 1.75. The topological polar surface area (TPSA) is 38.4 Å². The van der Waals surface area contributed by atoms with Crippen molar-refractivity contribution in [3.05, 3.63) is 12.2 Å². The molecule has 0 saturated heterocycles. The predicted octanol–water partition coefficient (Wildman–Crippen LogP) is 0.592. The van der Waals surface area contributed by atoms with Crippen LogP contribution in [0.4, 0.5) is 0 Å². The van der Waals surface area contributed by atoms with Gasteiger partial charge in [-0.25, -0.2) is 0 Å². The number of allylic oxidation sites excluding steroid dienone is 1. The normalized spacial score (nSPS) is 13.1. The Bertz CT molecular complexity index is 100. The van der Waals surface area contributed by atoms with E-state index in [0.29, 0.717) is 6.54 Å². The zero-order valence-electron chi connectivity index (χ0n) is 5.39. The Morgan fingerprint density at radius 2 is 2.38 bits per heavy atom. The van der Waals surface area contributed by atoms with Crippen LogP contribution in [0.5, 0.6) is 0 Å². The fraction of sp³-hybridized carbons (Fsp3) is 0.500. The molecule has 0 unspecified atom stereocenters. The van der Waals surface area contributed by atoms with Crippen molar-refractivity contribution in [1.29, 1.82) is 0 Å². The second kappa shape index (κ2) is 4.53. The lowest BCUT2D eigenvalue weighted by Crippen LogP contribution is -2.10. The molecule has 0 fully saturated rings. The fourth-order valence-electron chi connectivity index (χ4n) is 0.426. The van der Waals surface area contributed by atoms with Crippen molar-refractivity contribution in [3.63, 3.8) is 0 Å². The van der Waals surface area contributed by atoms with Gasteiger partial charge >= 0.3 is 0 Å². The first-order valence-electron chi connectivity index (χ1n) is 2.63. The number of rotatable bonds is 2. The van der Waals surface area contributed by atoms with Crippen LogP contribution in [0.15, 0.2) is 17.1 Å². The van der Waals surface area contributed by atoms with Crippen molar-refractivity contribution in [2.45, 2.75) is 6.92 Å². The SMILES string of the molecule is C/C=C\C(CN)=N/C. The Labute approximate surface area is 50.1 Å². The van der Waals surface area contributed by atoms with Gasteiger partial charge in [-0.2, -0.15) is 0 Å². The minimum absolute atomic E-state index is 0.529. The van der Waals surface area contributed by atoms with E-state index >= 15 is 0 Å². The van der Waals surface area contributed by atoms with E-state index in [1.807, 2.05) is 19.1 Å². The number of nitrogens with two attached hydrogens (primary N) is 1. The van der Waals surface area contributed by atoms with Gasteiger partial charge in [-0.3, -0.25) is 4.99 Å². The van der Waals surface area contributed by atoms with Gasteiger partial charge in [0.1, 0.15) is 0 Å². The van der Waals surface area contributed by atoms with Crippen molar-refractivity contribution >= 4 is 5.71 Å². The molecule has 0 heterocycles. The van der Waals surface area contributed by atoms with Crippen LogP contribution < -0.4 is 5.73 Å². The molecule has 0 rings (SSSR count). The molecule has 0 atom stereocenters. The summed E-state index contributed by atoms with van der Waals surface area (Å²) in [6, 6.07) is 0. The molecule has 8 heavy (non-hydrogen) atoms. The minimum Gasteiger partial charge on any atom is -0.325 e. The van der Waals surface area contributed by atoms with Crippen LogP contribution in [0.2, 0.25) is 0 Å². The van der Waals surface area contributed by atoms with E-state index < -0.39 is 0 Å². The van der Waals surface area contributed by atoms with Crippen LogP contribution in [0.3, 0.4) is 0 Å². The van der Waals surface area contributed by atoms with Gasteiger partial charge in [0.05, 0.1) is 0 Å². The third kappa shape index (κ3) is 2.53. The average molecular weight is 112 g/mol. The smallest absolute Gasteiger partial charge is 0.0477 e. The number of hydrogen-bond acceptors (Lipinski definition) is 2. The Balaban J connectivity index is 3.72. The van der Waals surface area contributed by atoms with Gasteiger partial charge in [-0.1, -0.05) is 6.08 Å². The zero-order chi connectivity index (χ0) is 6.41. The lowest BCUT2D eigenvalue weighted by Gasteiger charge is -1.89. The Morgan fingerprint density at radius 1 is 1.75 bits per heavy atom. The lowest BCUT2D eigenvalue weighted by atomic mass is 10.3. The summed E-state index contributed by atoms with van der Waals surface area (Å²) < 4.78 is 0. The van der Waals surface area contributed by atoms with E-state index in [0.717, 1.165) is 5.71 Å². The molecule has 0 aromatic carbocycles. The highest BCUT2D eigenvalue weighted by molar-refractivity contribution is 5.96. The fourth-order valence-corrected chi connectivity index (χ4v) is 0.426. The lowest BCUT2D eigenvalue weighted by molar-refractivity contribution is 1.28. The van der Waals surface area contributed by atoms with E-state index in [2.05, 4.69) is 4.99 Å². The third-order valence-corrected chi connectivity index (χ3v) is 0.855. The summed E-state index contributed by atoms with van der Waals surface area (Å²) in [5, 5.41) is 0. The first-order chi connectivity index (χ1) is 3.85. The molecule has 0 aliphatic rings. The molecule has 0 aliphatic carbocycles. The van der Waals surface area contributed by atoms with Crippen LogP contribution in [-0.2, 0) is 0 Å². The standard InChI is InChI=1S/C6H12N2/c1-3-4-6(5-7)8-2/h3-4H,5,7H2,1-2H3/b4-3-,8-6+. The Morgan fingerprint density at radius 3 is 2.50 bits per heavy atom. The molecule has 2 nitrogen and oxygen atoms in total. The van der Waals surface area contributed by atoms with Crippen LogP contribution in [0, 0.1) is 0 Å². The van der Waals surface area contributed by atoms with E-state index in [1.54, 1.807) is 7.05 Å². The first-order valence-corrected chi connectivity index (χ1v) is 2.63. The van der Waals surface area contributed by atoms with Gasteiger partial charge in [-0.05, 0) is 13.0 Å². The molecule has 0 saturated carbocycles. The summed E-state index contributed by atoms with van der Waals surface area (Å²) in [6.07, 6.45) is 3.83. The molecule has 46 valence electrons. The molecule has 0 radical (unpaired) electrons. The maximum Gasteiger partial charge on any atom is 0.0477 e. The van der Waals surface area contributed by atoms with Crippen molar-refractivity contribution in [1.82, 2.24) is 0 Å². The van der Waals surface area contributed by atoms with Crippen LogP contribution in [0.1, 0.15) is 6.92 Å². The summed E-state index contributed by atoms with van der Waals surface area (Å²) in [5.41, 5.74) is 6.22. The van der Waals surface area contributed by atoms with Crippen molar-refractivity contribution in [2.75, 3.05) is 13.6 Å². The average Bonchev–Trinajstić information content (AvgIpc) is 1.83. The molecule has 2 heteroatoms. The van der Waals surface area contributed by atoms with Crippen LogP contribution >= 0.6 is 0 Å². The Hall–Kier alpha value is -0.630. The molecule has 0 bridgehead atoms. The summed E-state index contributed by atoms with van der Waals surface area (Å²) >= 11 is 0. The van der Waals surface area contributed by atoms with Crippen molar-refractivity contribution < 1.29 is 0 Å². The molecular formula is C6H12N2. The highest BCUT2D eigenvalue weighted by atomic mass is 14.7. The predicted molar refractivity (Wildman–Crippen MR) is 37.2 cm³/mol. The van der Waals surface area contributed by atoms with E-state index in [1.165, 1.54) is 0 Å². The monoisotopic (exact) mass is 112 g/mol. The molecule has 0 aromatic rings. The summed E-state index contributed by atoms with van der Waals surface area (Å²) in [4.78, 5) is 3.90. The van der Waals surface area contributed by atoms with E-state index in [-0.39, 0.29) is 0 Å². The number of hydrogen-bond donors (Lipinski definition) is 1. The summed E-state index contributed by atoms with van der Waals surface area (Å²) in [6.45, 7) is 2.47. The van der Waals surface area contributed by atoms with Crippen LogP contribution in [-0.4, -0.2) is 19.3 Å². The molecule has 0 amide bonds. The van der Waals surface area contributed by atoms with Gasteiger partial charge in [0, 0.05) is 19.3 Å². The Kier molecular flexibility index (Phi) is 4.17. The largest absolute Gasteiger partial charge is 0.325 e. The first kappa shape index (κ1) is 7.37. The minimum atomic E-state index is 0.529. The summed E-state index contributed by atoms with van der Waals surface area (Å²) in [5.74, 6) is 0. The third-order valence-electron chi connectivity index (χ3n) is 0.855. The second-order valence-electron chi connectivity index (χ2n) is 1.42. The zero-order valence-corrected chi connectivity index (χ0v) is 5.39. The van der Waals surface area contributed by atoms with Crippen molar-refractivity contribution in [3.8, 4) is 0 Å². The molecule has 0 aromatic heterocycles. The number of aliphatic imine (C=N–C) groups is 1. The van der Waals surface area contributed by atoms with Gasteiger partial charge in [-0.15, -0.1) is 0 Å². The van der Waals surface area contributed by atoms with Crippen molar-refractivity contribution in [2.24, 2.45) is 10.7 Å².